The van der Waals surface area contributed by atoms with Crippen molar-refractivity contribution in [3.63, 3.8) is 0 Å². The van der Waals surface area contributed by atoms with Crippen molar-refractivity contribution in [2.24, 2.45) is 0 Å². The second-order valence-electron chi connectivity index (χ2n) is 6.93. The van der Waals surface area contributed by atoms with Crippen LogP contribution >= 0.6 is 0 Å². The highest BCUT2D eigenvalue weighted by Crippen LogP contribution is 2.31. The summed E-state index contributed by atoms with van der Waals surface area (Å²) in [5.41, 5.74) is -1.05. The summed E-state index contributed by atoms with van der Waals surface area (Å²) >= 11 is 0. The maximum absolute atomic E-state index is 14.6. The minimum atomic E-state index is -1.89. The number of nitrogens with one attached hydrogen (secondary N) is 1. The molecule has 6 nitrogen and oxygen atoms in total. The van der Waals surface area contributed by atoms with Crippen molar-refractivity contribution >= 4 is 0 Å². The first-order valence-electron chi connectivity index (χ1n) is 9.22. The summed E-state index contributed by atoms with van der Waals surface area (Å²) in [6.07, 6.45) is 0.506. The van der Waals surface area contributed by atoms with E-state index in [0.29, 0.717) is 13.0 Å². The molecule has 31 heavy (non-hydrogen) atoms. The molecule has 0 saturated carbocycles. The maximum Gasteiger partial charge on any atom is 0.194 e. The molecule has 3 aromatic rings. The summed E-state index contributed by atoms with van der Waals surface area (Å²) in [5, 5.41) is 13.8. The molecule has 0 bridgehead atoms. The predicted molar refractivity (Wildman–Crippen MR) is 93.6 cm³/mol. The Labute approximate surface area is 171 Å². The molecule has 1 aliphatic heterocycles. The Kier molecular flexibility index (Phi) is 5.92. The van der Waals surface area contributed by atoms with Crippen molar-refractivity contribution < 1.29 is 31.1 Å². The van der Waals surface area contributed by atoms with E-state index in [2.05, 4.69) is 20.8 Å². The Morgan fingerprint density at radius 1 is 1.03 bits per heavy atom. The minimum Gasteiger partial charge on any atom is -0.379 e. The lowest BCUT2D eigenvalue weighted by Gasteiger charge is -2.22. The van der Waals surface area contributed by atoms with Crippen LogP contribution in [0, 0.1) is 34.9 Å². The molecular weight excluding hydrogens is 428 g/mol. The Bertz CT molecular complexity index is 1100. The van der Waals surface area contributed by atoms with Crippen LogP contribution in [-0.4, -0.2) is 33.4 Å². The van der Waals surface area contributed by atoms with Gasteiger partial charge < -0.3 is 4.74 Å². The first-order chi connectivity index (χ1) is 14.9. The number of hydrogen-bond acceptors (Lipinski definition) is 5. The molecule has 0 spiro atoms. The summed E-state index contributed by atoms with van der Waals surface area (Å²) in [4.78, 5) is 0. The Balaban J connectivity index is 1.78. The topological polar surface area (TPSA) is 64.9 Å². The van der Waals surface area contributed by atoms with Crippen LogP contribution in [0.5, 0.6) is 0 Å². The van der Waals surface area contributed by atoms with Crippen LogP contribution < -0.4 is 5.32 Å². The van der Waals surface area contributed by atoms with Gasteiger partial charge in [-0.1, -0.05) is 0 Å². The first kappa shape index (κ1) is 21.2. The average Bonchev–Trinajstić information content (AvgIpc) is 3.42. The predicted octanol–water partition coefficient (Wildman–Crippen LogP) is 3.35. The lowest BCUT2D eigenvalue weighted by Crippen LogP contribution is -2.29. The molecule has 1 fully saturated rings. The summed E-state index contributed by atoms with van der Waals surface area (Å²) in [6.45, 7) is 0.219. The molecule has 2 unspecified atom stereocenters. The van der Waals surface area contributed by atoms with Crippen LogP contribution in [0.2, 0.25) is 0 Å². The molecule has 2 aromatic carbocycles. The number of ether oxygens (including phenoxy) is 1. The van der Waals surface area contributed by atoms with Crippen LogP contribution in [0.15, 0.2) is 24.3 Å². The molecule has 0 radical (unpaired) electrons. The molecule has 2 heterocycles. The molecule has 2 atom stereocenters. The van der Waals surface area contributed by atoms with Gasteiger partial charge in [0.05, 0.1) is 18.2 Å². The van der Waals surface area contributed by atoms with Crippen LogP contribution in [0.4, 0.5) is 26.3 Å². The summed E-state index contributed by atoms with van der Waals surface area (Å²) in [5.74, 6) is -8.41. The lowest BCUT2D eigenvalue weighted by atomic mass is 10.0. The van der Waals surface area contributed by atoms with Crippen molar-refractivity contribution in [3.8, 4) is 0 Å². The van der Waals surface area contributed by atoms with E-state index in [1.807, 2.05) is 0 Å². The van der Waals surface area contributed by atoms with Crippen LogP contribution in [0.3, 0.4) is 0 Å². The molecule has 1 aromatic heterocycles. The Morgan fingerprint density at radius 2 is 1.84 bits per heavy atom. The number of aromatic nitrogens is 4. The molecular formula is C19H15F6N5O. The van der Waals surface area contributed by atoms with E-state index >= 15 is 0 Å². The third kappa shape index (κ3) is 4.12. The highest BCUT2D eigenvalue weighted by molar-refractivity contribution is 5.30. The van der Waals surface area contributed by atoms with Gasteiger partial charge in [-0.2, -0.15) is 0 Å². The zero-order valence-electron chi connectivity index (χ0n) is 15.8. The van der Waals surface area contributed by atoms with E-state index < -0.39 is 53.1 Å². The second kappa shape index (κ2) is 8.63. The molecule has 12 heteroatoms. The van der Waals surface area contributed by atoms with E-state index in [-0.39, 0.29) is 30.1 Å². The number of rotatable bonds is 6. The molecule has 0 amide bonds. The average molecular weight is 443 g/mol. The minimum absolute atomic E-state index is 0.129. The fraction of sp³-hybridized carbons (Fsp3) is 0.316. The van der Waals surface area contributed by atoms with Gasteiger partial charge in [0.25, 0.3) is 0 Å². The zero-order chi connectivity index (χ0) is 22.1. The largest absolute Gasteiger partial charge is 0.379 e. The van der Waals surface area contributed by atoms with Crippen molar-refractivity contribution in [2.75, 3.05) is 13.2 Å². The smallest absolute Gasteiger partial charge is 0.194 e. The Morgan fingerprint density at radius 3 is 2.58 bits per heavy atom. The molecule has 1 saturated heterocycles. The summed E-state index contributed by atoms with van der Waals surface area (Å²) in [7, 11) is 0. The van der Waals surface area contributed by atoms with E-state index in [0.717, 1.165) is 18.2 Å². The standard InChI is InChI=1S/C19H15F6N5O/c20-10-1-2-12(21)9(5-10)7-26-18(15-13(22)6-14(23)16(24)17(15)25)19-27-28-29-30(19)11-3-4-31-8-11/h1-2,5-6,11,18,26H,3-4,7-8H2. The van der Waals surface area contributed by atoms with E-state index in [9.17, 15) is 26.3 Å². The fourth-order valence-electron chi connectivity index (χ4n) is 3.42. The van der Waals surface area contributed by atoms with Gasteiger partial charge in [0.2, 0.25) is 0 Å². The van der Waals surface area contributed by atoms with Gasteiger partial charge in [0.1, 0.15) is 23.5 Å². The highest BCUT2D eigenvalue weighted by atomic mass is 19.2. The van der Waals surface area contributed by atoms with Crippen LogP contribution in [-0.2, 0) is 11.3 Å². The normalized spacial score (nSPS) is 17.3. The van der Waals surface area contributed by atoms with Gasteiger partial charge in [0.15, 0.2) is 23.3 Å². The third-order valence-corrected chi connectivity index (χ3v) is 4.97. The number of tetrazole rings is 1. The van der Waals surface area contributed by atoms with Gasteiger partial charge in [0, 0.05) is 24.8 Å². The number of nitrogens with zero attached hydrogens (tertiary/aromatic N) is 4. The second-order valence-corrected chi connectivity index (χ2v) is 6.93. The number of benzene rings is 2. The van der Waals surface area contributed by atoms with E-state index in [1.54, 1.807) is 0 Å². The SMILES string of the molecule is Fc1ccc(F)c(CNC(c2c(F)cc(F)c(F)c2F)c2nnnn2C2CCOC2)c1. The van der Waals surface area contributed by atoms with Crippen molar-refractivity contribution in [2.45, 2.75) is 25.0 Å². The van der Waals surface area contributed by atoms with Crippen LogP contribution in [0.25, 0.3) is 0 Å². The van der Waals surface area contributed by atoms with Gasteiger partial charge >= 0.3 is 0 Å². The zero-order valence-corrected chi connectivity index (χ0v) is 15.8. The van der Waals surface area contributed by atoms with Crippen LogP contribution in [0.1, 0.15) is 35.5 Å². The number of hydrogen-bond donors (Lipinski definition) is 1. The number of halogens is 6. The van der Waals surface area contributed by atoms with Gasteiger partial charge in [-0.05, 0) is 35.0 Å². The van der Waals surface area contributed by atoms with Crippen molar-refractivity contribution in [1.29, 1.82) is 0 Å². The molecule has 1 N–H and O–H groups in total. The van der Waals surface area contributed by atoms with Crippen molar-refractivity contribution in [1.82, 2.24) is 25.5 Å². The monoisotopic (exact) mass is 443 g/mol. The van der Waals surface area contributed by atoms with Gasteiger partial charge in [-0.3, -0.25) is 5.32 Å². The Hall–Kier alpha value is -2.99. The van der Waals surface area contributed by atoms with Gasteiger partial charge in [-0.25, -0.2) is 31.0 Å². The lowest BCUT2D eigenvalue weighted by molar-refractivity contribution is 0.183. The van der Waals surface area contributed by atoms with Crippen molar-refractivity contribution in [3.05, 3.63) is 76.1 Å². The quantitative estimate of drug-likeness (QED) is 0.360. The third-order valence-electron chi connectivity index (χ3n) is 4.97. The van der Waals surface area contributed by atoms with E-state index in [1.165, 1.54) is 4.68 Å². The molecule has 0 aliphatic carbocycles. The molecule has 164 valence electrons. The molecule has 1 aliphatic rings. The maximum atomic E-state index is 14.6. The summed E-state index contributed by atoms with van der Waals surface area (Å²) in [6, 6.07) is 0.972. The van der Waals surface area contributed by atoms with Gasteiger partial charge in [-0.15, -0.1) is 5.10 Å². The fourth-order valence-corrected chi connectivity index (χ4v) is 3.42. The highest BCUT2D eigenvalue weighted by Gasteiger charge is 2.33. The summed E-state index contributed by atoms with van der Waals surface area (Å²) < 4.78 is 90.7. The van der Waals surface area contributed by atoms with E-state index in [4.69, 9.17) is 4.74 Å². The molecule has 4 rings (SSSR count). The first-order valence-corrected chi connectivity index (χ1v) is 9.22.